The summed E-state index contributed by atoms with van der Waals surface area (Å²) >= 11 is 0. The highest BCUT2D eigenvalue weighted by Gasteiger charge is 2.09. The van der Waals surface area contributed by atoms with E-state index in [4.69, 9.17) is 4.74 Å². The van der Waals surface area contributed by atoms with Gasteiger partial charge in [0.25, 0.3) is 0 Å². The second-order valence-corrected chi connectivity index (χ2v) is 4.57. The van der Waals surface area contributed by atoms with Crippen LogP contribution in [0.1, 0.15) is 65.7 Å². The SMILES string of the molecule is CC=CCCC(CC/C=C\CCCC)OC(C)=O. The first-order chi connectivity index (χ1) is 8.70. The molecule has 0 radical (unpaired) electrons. The van der Waals surface area contributed by atoms with Crippen LogP contribution in [0.15, 0.2) is 24.3 Å². The molecule has 1 unspecified atom stereocenters. The van der Waals surface area contributed by atoms with Crippen molar-refractivity contribution in [2.24, 2.45) is 0 Å². The number of esters is 1. The normalized spacial score (nSPS) is 13.3. The molecule has 0 aromatic heterocycles. The number of rotatable bonds is 10. The second kappa shape index (κ2) is 12.4. The summed E-state index contributed by atoms with van der Waals surface area (Å²) in [6.07, 6.45) is 16.2. The van der Waals surface area contributed by atoms with E-state index in [1.165, 1.54) is 19.8 Å². The van der Waals surface area contributed by atoms with E-state index in [9.17, 15) is 4.79 Å². The zero-order valence-electron chi connectivity index (χ0n) is 12.2. The second-order valence-electron chi connectivity index (χ2n) is 4.57. The lowest BCUT2D eigenvalue weighted by Gasteiger charge is -2.15. The van der Waals surface area contributed by atoms with Crippen LogP contribution in [0.5, 0.6) is 0 Å². The van der Waals surface area contributed by atoms with E-state index in [0.29, 0.717) is 0 Å². The quantitative estimate of drug-likeness (QED) is 0.317. The van der Waals surface area contributed by atoms with Crippen molar-refractivity contribution in [1.82, 2.24) is 0 Å². The first kappa shape index (κ1) is 16.9. The minimum absolute atomic E-state index is 0.0644. The van der Waals surface area contributed by atoms with E-state index in [1.807, 2.05) is 13.0 Å². The van der Waals surface area contributed by atoms with Crippen molar-refractivity contribution in [1.29, 1.82) is 0 Å². The zero-order valence-corrected chi connectivity index (χ0v) is 12.2. The summed E-state index contributed by atoms with van der Waals surface area (Å²) in [5, 5.41) is 0. The van der Waals surface area contributed by atoms with Crippen LogP contribution in [-0.4, -0.2) is 12.1 Å². The van der Waals surface area contributed by atoms with Crippen molar-refractivity contribution < 1.29 is 9.53 Å². The van der Waals surface area contributed by atoms with Gasteiger partial charge < -0.3 is 4.74 Å². The molecule has 0 spiro atoms. The molecule has 0 fully saturated rings. The van der Waals surface area contributed by atoms with Crippen LogP contribution < -0.4 is 0 Å². The van der Waals surface area contributed by atoms with Gasteiger partial charge in [0.2, 0.25) is 0 Å². The van der Waals surface area contributed by atoms with Gasteiger partial charge in [0.1, 0.15) is 6.10 Å². The van der Waals surface area contributed by atoms with Gasteiger partial charge in [-0.3, -0.25) is 4.79 Å². The molecule has 1 atom stereocenters. The molecule has 0 aliphatic heterocycles. The Morgan fingerprint density at radius 2 is 1.72 bits per heavy atom. The van der Waals surface area contributed by atoms with Crippen molar-refractivity contribution in [2.75, 3.05) is 0 Å². The van der Waals surface area contributed by atoms with Crippen LogP contribution in [0.25, 0.3) is 0 Å². The fraction of sp³-hybridized carbons (Fsp3) is 0.688. The fourth-order valence-electron chi connectivity index (χ4n) is 1.79. The minimum atomic E-state index is -0.171. The topological polar surface area (TPSA) is 26.3 Å². The summed E-state index contributed by atoms with van der Waals surface area (Å²) in [5.74, 6) is -0.171. The molecule has 0 saturated carbocycles. The molecular formula is C16H28O2. The summed E-state index contributed by atoms with van der Waals surface area (Å²) in [4.78, 5) is 11.0. The zero-order chi connectivity index (χ0) is 13.6. The van der Waals surface area contributed by atoms with Crippen LogP contribution in [0.3, 0.4) is 0 Å². The molecule has 0 amide bonds. The van der Waals surface area contributed by atoms with Gasteiger partial charge in [-0.25, -0.2) is 0 Å². The molecular weight excluding hydrogens is 224 g/mol. The molecule has 0 N–H and O–H groups in total. The summed E-state index contributed by atoms with van der Waals surface area (Å²) in [7, 11) is 0. The lowest BCUT2D eigenvalue weighted by Crippen LogP contribution is -2.15. The van der Waals surface area contributed by atoms with Gasteiger partial charge in [0.05, 0.1) is 0 Å². The number of carbonyl (C=O) groups is 1. The molecule has 2 nitrogen and oxygen atoms in total. The largest absolute Gasteiger partial charge is 0.463 e. The van der Waals surface area contributed by atoms with Gasteiger partial charge in [0.15, 0.2) is 0 Å². The minimum Gasteiger partial charge on any atom is -0.463 e. The number of allylic oxidation sites excluding steroid dienone is 4. The van der Waals surface area contributed by atoms with Crippen LogP contribution in [0.4, 0.5) is 0 Å². The molecule has 0 bridgehead atoms. The van der Waals surface area contributed by atoms with E-state index in [0.717, 1.165) is 32.1 Å². The Balaban J connectivity index is 3.84. The maximum absolute atomic E-state index is 11.0. The average Bonchev–Trinajstić information content (AvgIpc) is 2.33. The number of carbonyl (C=O) groups excluding carboxylic acids is 1. The van der Waals surface area contributed by atoms with E-state index >= 15 is 0 Å². The van der Waals surface area contributed by atoms with Crippen molar-refractivity contribution in [3.05, 3.63) is 24.3 Å². The van der Waals surface area contributed by atoms with Gasteiger partial charge in [-0.05, 0) is 39.0 Å². The summed E-state index contributed by atoms with van der Waals surface area (Å²) in [5.41, 5.74) is 0. The van der Waals surface area contributed by atoms with E-state index in [-0.39, 0.29) is 12.1 Å². The van der Waals surface area contributed by atoms with Crippen LogP contribution >= 0.6 is 0 Å². The van der Waals surface area contributed by atoms with Gasteiger partial charge in [-0.15, -0.1) is 0 Å². The molecule has 0 rings (SSSR count). The summed E-state index contributed by atoms with van der Waals surface area (Å²) in [6, 6.07) is 0. The Kier molecular flexibility index (Phi) is 11.7. The molecule has 0 heterocycles. The molecule has 0 saturated heterocycles. The average molecular weight is 252 g/mol. The maximum Gasteiger partial charge on any atom is 0.302 e. The third kappa shape index (κ3) is 11.4. The Morgan fingerprint density at radius 1 is 1.11 bits per heavy atom. The third-order valence-corrected chi connectivity index (χ3v) is 2.77. The van der Waals surface area contributed by atoms with Crippen LogP contribution in [0, 0.1) is 0 Å². The lowest BCUT2D eigenvalue weighted by molar-refractivity contribution is -0.146. The first-order valence-electron chi connectivity index (χ1n) is 7.14. The van der Waals surface area contributed by atoms with E-state index in [1.54, 1.807) is 0 Å². The highest BCUT2D eigenvalue weighted by molar-refractivity contribution is 5.66. The maximum atomic E-state index is 11.0. The third-order valence-electron chi connectivity index (χ3n) is 2.77. The van der Waals surface area contributed by atoms with Crippen molar-refractivity contribution in [2.45, 2.75) is 71.8 Å². The predicted molar refractivity (Wildman–Crippen MR) is 77.5 cm³/mol. The first-order valence-corrected chi connectivity index (χ1v) is 7.14. The smallest absolute Gasteiger partial charge is 0.302 e. The van der Waals surface area contributed by atoms with E-state index in [2.05, 4.69) is 25.2 Å². The molecule has 0 aliphatic carbocycles. The van der Waals surface area contributed by atoms with Gasteiger partial charge >= 0.3 is 5.97 Å². The van der Waals surface area contributed by atoms with Crippen LogP contribution in [-0.2, 0) is 9.53 Å². The molecule has 18 heavy (non-hydrogen) atoms. The molecule has 0 aromatic carbocycles. The fourth-order valence-corrected chi connectivity index (χ4v) is 1.79. The summed E-state index contributed by atoms with van der Waals surface area (Å²) < 4.78 is 5.32. The molecule has 0 aliphatic rings. The highest BCUT2D eigenvalue weighted by Crippen LogP contribution is 2.11. The van der Waals surface area contributed by atoms with Crippen LogP contribution in [0.2, 0.25) is 0 Å². The highest BCUT2D eigenvalue weighted by atomic mass is 16.5. The van der Waals surface area contributed by atoms with Gasteiger partial charge in [-0.2, -0.15) is 0 Å². The Morgan fingerprint density at radius 3 is 2.28 bits per heavy atom. The van der Waals surface area contributed by atoms with Crippen molar-refractivity contribution in [3.8, 4) is 0 Å². The number of hydrogen-bond acceptors (Lipinski definition) is 2. The monoisotopic (exact) mass is 252 g/mol. The molecule has 0 aromatic rings. The summed E-state index contributed by atoms with van der Waals surface area (Å²) in [6.45, 7) is 5.70. The van der Waals surface area contributed by atoms with E-state index < -0.39 is 0 Å². The predicted octanol–water partition coefficient (Wildman–Crippen LogP) is 4.80. The Labute approximate surface area is 112 Å². The number of ether oxygens (including phenoxy) is 1. The Hall–Kier alpha value is -1.05. The Bertz CT molecular complexity index is 254. The van der Waals surface area contributed by atoms with Crippen molar-refractivity contribution in [3.63, 3.8) is 0 Å². The molecule has 104 valence electrons. The number of unbranched alkanes of at least 4 members (excludes halogenated alkanes) is 2. The molecule has 2 heteroatoms. The lowest BCUT2D eigenvalue weighted by atomic mass is 10.1. The van der Waals surface area contributed by atoms with Gasteiger partial charge in [-0.1, -0.05) is 44.1 Å². The number of hydrogen-bond donors (Lipinski definition) is 0. The standard InChI is InChI=1S/C16H28O2/c1-4-6-8-9-10-12-14-16(18-15(3)17)13-11-7-5-2/h5,7,9-10,16H,4,6,8,11-14H2,1-3H3/b7-5?,10-9-. The van der Waals surface area contributed by atoms with Gasteiger partial charge in [0, 0.05) is 6.92 Å². The van der Waals surface area contributed by atoms with Crippen molar-refractivity contribution >= 4 is 5.97 Å².